The van der Waals surface area contributed by atoms with Crippen LogP contribution in [0.5, 0.6) is 5.75 Å². The van der Waals surface area contributed by atoms with Gasteiger partial charge in [0.1, 0.15) is 17.4 Å². The molecule has 0 aliphatic carbocycles. The number of aromatic nitrogens is 1. The maximum absolute atomic E-state index is 9.99. The molecule has 0 aliphatic heterocycles. The maximum Gasteiger partial charge on any atom is 0.170 e. The lowest BCUT2D eigenvalue weighted by molar-refractivity contribution is 0.0513. The third-order valence-electron chi connectivity index (χ3n) is 2.59. The van der Waals surface area contributed by atoms with Crippen LogP contribution in [0, 0.1) is 11.3 Å². The quantitative estimate of drug-likeness (QED) is 0.715. The van der Waals surface area contributed by atoms with Crippen LogP contribution in [0.2, 0.25) is 5.02 Å². The number of hydrogen-bond acceptors (Lipinski definition) is 5. The van der Waals surface area contributed by atoms with Crippen LogP contribution in [-0.4, -0.2) is 26.4 Å². The van der Waals surface area contributed by atoms with Crippen molar-refractivity contribution >= 4 is 22.5 Å². The summed E-state index contributed by atoms with van der Waals surface area (Å²) in [6.45, 7) is 0. The van der Waals surface area contributed by atoms with E-state index >= 15 is 0 Å². The van der Waals surface area contributed by atoms with Crippen LogP contribution in [0.4, 0.5) is 0 Å². The molecule has 5 nitrogen and oxygen atoms in total. The number of aliphatic hydroxyl groups is 2. The fourth-order valence-electron chi connectivity index (χ4n) is 1.67. The highest BCUT2D eigenvalue weighted by Crippen LogP contribution is 2.36. The van der Waals surface area contributed by atoms with Gasteiger partial charge in [0.15, 0.2) is 6.10 Å². The van der Waals surface area contributed by atoms with Gasteiger partial charge < -0.3 is 15.3 Å². The summed E-state index contributed by atoms with van der Waals surface area (Å²) in [5.74, 6) is -0.295. The Bertz CT molecular complexity index is 639. The summed E-state index contributed by atoms with van der Waals surface area (Å²) in [5, 5.41) is 38.4. The number of phenols is 1. The minimum absolute atomic E-state index is 0.0275. The minimum atomic E-state index is -1.65. The van der Waals surface area contributed by atoms with Gasteiger partial charge in [0, 0.05) is 17.1 Å². The Morgan fingerprint density at radius 3 is 2.78 bits per heavy atom. The highest BCUT2D eigenvalue weighted by atomic mass is 35.5. The predicted molar refractivity (Wildman–Crippen MR) is 65.0 cm³/mol. The van der Waals surface area contributed by atoms with Crippen LogP contribution in [0.1, 0.15) is 11.7 Å². The molecule has 1 aromatic heterocycles. The lowest BCUT2D eigenvalue weighted by Gasteiger charge is -2.15. The first-order chi connectivity index (χ1) is 8.56. The van der Waals surface area contributed by atoms with Crippen molar-refractivity contribution in [2.75, 3.05) is 0 Å². The monoisotopic (exact) mass is 264 g/mol. The maximum atomic E-state index is 9.99. The number of nitrogens with zero attached hydrogens (tertiary/aromatic N) is 2. The number of benzene rings is 1. The first kappa shape index (κ1) is 12.6. The molecule has 6 heteroatoms. The first-order valence-corrected chi connectivity index (χ1v) is 5.46. The molecule has 1 aromatic carbocycles. The van der Waals surface area contributed by atoms with Crippen molar-refractivity contribution in [1.82, 2.24) is 4.98 Å². The molecular formula is C12H9ClN2O3. The Morgan fingerprint density at radius 2 is 2.11 bits per heavy atom. The van der Waals surface area contributed by atoms with Gasteiger partial charge in [-0.25, -0.2) is 0 Å². The average molecular weight is 265 g/mol. The van der Waals surface area contributed by atoms with Gasteiger partial charge in [0.2, 0.25) is 0 Å². The van der Waals surface area contributed by atoms with Crippen molar-refractivity contribution in [1.29, 1.82) is 5.26 Å². The molecule has 1 heterocycles. The average Bonchev–Trinajstić information content (AvgIpc) is 2.41. The molecule has 92 valence electrons. The van der Waals surface area contributed by atoms with Gasteiger partial charge in [-0.05, 0) is 18.2 Å². The van der Waals surface area contributed by atoms with E-state index < -0.39 is 12.2 Å². The zero-order valence-electron chi connectivity index (χ0n) is 9.08. The number of hydrogen-bond donors (Lipinski definition) is 3. The summed E-state index contributed by atoms with van der Waals surface area (Å²) in [7, 11) is 0. The van der Waals surface area contributed by atoms with Crippen LogP contribution < -0.4 is 0 Å². The first-order valence-electron chi connectivity index (χ1n) is 5.08. The second-order valence-electron chi connectivity index (χ2n) is 3.71. The van der Waals surface area contributed by atoms with E-state index in [1.807, 2.05) is 0 Å². The van der Waals surface area contributed by atoms with Gasteiger partial charge in [0.05, 0.1) is 11.1 Å². The Hall–Kier alpha value is -1.87. The molecule has 0 saturated carbocycles. The van der Waals surface area contributed by atoms with Crippen molar-refractivity contribution in [3.63, 3.8) is 0 Å². The largest absolute Gasteiger partial charge is 0.505 e. The van der Waals surface area contributed by atoms with Crippen LogP contribution in [0.25, 0.3) is 10.9 Å². The molecule has 0 amide bonds. The second-order valence-corrected chi connectivity index (χ2v) is 4.12. The third-order valence-corrected chi connectivity index (χ3v) is 2.91. The van der Waals surface area contributed by atoms with Gasteiger partial charge >= 0.3 is 0 Å². The standard InChI is InChI=1S/C12H9ClN2O3/c13-8-4-7(11(17)9(16)5-14)12(18)10-6(8)2-1-3-15-10/h1-4,9,11,16-18H. The highest BCUT2D eigenvalue weighted by Gasteiger charge is 2.23. The van der Waals surface area contributed by atoms with Gasteiger partial charge in [-0.3, -0.25) is 4.98 Å². The Morgan fingerprint density at radius 1 is 1.39 bits per heavy atom. The summed E-state index contributed by atoms with van der Waals surface area (Å²) in [4.78, 5) is 3.96. The SMILES string of the molecule is N#CC(O)C(O)c1cc(Cl)c2cccnc2c1O. The van der Waals surface area contributed by atoms with Crippen molar-refractivity contribution < 1.29 is 15.3 Å². The molecular weight excluding hydrogens is 256 g/mol. The number of phenolic OH excluding ortho intramolecular Hbond substituents is 1. The Labute approximate surface area is 108 Å². The normalized spacial score (nSPS) is 14.1. The predicted octanol–water partition coefficient (Wildman–Crippen LogP) is 1.51. The van der Waals surface area contributed by atoms with Crippen LogP contribution >= 0.6 is 11.6 Å². The van der Waals surface area contributed by atoms with E-state index in [0.29, 0.717) is 5.39 Å². The molecule has 0 bridgehead atoms. The molecule has 0 fully saturated rings. The van der Waals surface area contributed by atoms with Gasteiger partial charge in [-0.2, -0.15) is 5.26 Å². The van der Waals surface area contributed by atoms with E-state index in [9.17, 15) is 15.3 Å². The van der Waals surface area contributed by atoms with Crippen LogP contribution in [-0.2, 0) is 0 Å². The summed E-state index contributed by atoms with van der Waals surface area (Å²) >= 11 is 6.00. The smallest absolute Gasteiger partial charge is 0.170 e. The van der Waals surface area contributed by atoms with Gasteiger partial charge in [0.25, 0.3) is 0 Å². The number of aromatic hydroxyl groups is 1. The molecule has 0 saturated heterocycles. The van der Waals surface area contributed by atoms with Crippen molar-refractivity contribution in [3.8, 4) is 11.8 Å². The molecule has 2 unspecified atom stereocenters. The number of nitriles is 1. The minimum Gasteiger partial charge on any atom is -0.505 e. The number of aliphatic hydroxyl groups excluding tert-OH is 2. The van der Waals surface area contributed by atoms with E-state index in [0.717, 1.165) is 0 Å². The molecule has 3 N–H and O–H groups in total. The molecule has 2 rings (SSSR count). The summed E-state index contributed by atoms with van der Waals surface area (Å²) in [6.07, 6.45) is -1.72. The molecule has 18 heavy (non-hydrogen) atoms. The number of halogens is 1. The number of rotatable bonds is 2. The van der Waals surface area contributed by atoms with E-state index in [1.165, 1.54) is 18.3 Å². The molecule has 2 atom stereocenters. The second kappa shape index (κ2) is 4.78. The Balaban J connectivity index is 2.67. The fraction of sp³-hybridized carbons (Fsp3) is 0.167. The lowest BCUT2D eigenvalue weighted by atomic mass is 10.0. The molecule has 0 aliphatic rings. The van der Waals surface area contributed by atoms with Crippen LogP contribution in [0.15, 0.2) is 24.4 Å². The summed E-state index contributed by atoms with van der Waals surface area (Å²) < 4.78 is 0. The summed E-state index contributed by atoms with van der Waals surface area (Å²) in [5.41, 5.74) is 0.185. The van der Waals surface area contributed by atoms with E-state index in [4.69, 9.17) is 16.9 Å². The van der Waals surface area contributed by atoms with Crippen molar-refractivity contribution in [3.05, 3.63) is 35.0 Å². The number of fused-ring (bicyclic) bond motifs is 1. The summed E-state index contributed by atoms with van der Waals surface area (Å²) in [6, 6.07) is 6.13. The van der Waals surface area contributed by atoms with E-state index in [1.54, 1.807) is 12.1 Å². The van der Waals surface area contributed by atoms with E-state index in [2.05, 4.69) is 4.98 Å². The topological polar surface area (TPSA) is 97.4 Å². The van der Waals surface area contributed by atoms with Crippen molar-refractivity contribution in [2.45, 2.75) is 12.2 Å². The number of pyridine rings is 1. The van der Waals surface area contributed by atoms with Crippen LogP contribution in [0.3, 0.4) is 0 Å². The Kier molecular flexibility index (Phi) is 3.34. The zero-order chi connectivity index (χ0) is 13.3. The lowest BCUT2D eigenvalue weighted by Crippen LogP contribution is -2.16. The fourth-order valence-corrected chi connectivity index (χ4v) is 1.94. The van der Waals surface area contributed by atoms with Gasteiger partial charge in [-0.1, -0.05) is 11.6 Å². The molecule has 2 aromatic rings. The molecule has 0 spiro atoms. The highest BCUT2D eigenvalue weighted by molar-refractivity contribution is 6.35. The van der Waals surface area contributed by atoms with E-state index in [-0.39, 0.29) is 21.9 Å². The van der Waals surface area contributed by atoms with Crippen molar-refractivity contribution in [2.24, 2.45) is 0 Å². The third kappa shape index (κ3) is 1.97. The molecule has 0 radical (unpaired) electrons. The zero-order valence-corrected chi connectivity index (χ0v) is 9.83. The van der Waals surface area contributed by atoms with Gasteiger partial charge in [-0.15, -0.1) is 0 Å².